The van der Waals surface area contributed by atoms with E-state index in [9.17, 15) is 4.39 Å². The summed E-state index contributed by atoms with van der Waals surface area (Å²) in [5.74, 6) is 0.686. The van der Waals surface area contributed by atoms with Crippen LogP contribution in [0.2, 0.25) is 10.0 Å². The molecule has 0 unspecified atom stereocenters. The minimum atomic E-state index is -0.326. The molecule has 0 atom stereocenters. The van der Waals surface area contributed by atoms with Gasteiger partial charge in [-0.25, -0.2) is 9.82 Å². The van der Waals surface area contributed by atoms with Crippen molar-refractivity contribution >= 4 is 52.9 Å². The number of nitrogens with zero attached hydrogens (tertiary/aromatic N) is 5. The number of anilines is 4. The summed E-state index contributed by atoms with van der Waals surface area (Å²) in [6.45, 7) is 2.48. The van der Waals surface area contributed by atoms with E-state index in [1.807, 2.05) is 4.90 Å². The van der Waals surface area contributed by atoms with Crippen molar-refractivity contribution in [2.75, 3.05) is 41.9 Å². The molecule has 3 aromatic rings. The van der Waals surface area contributed by atoms with Gasteiger partial charge in [-0.3, -0.25) is 0 Å². The highest BCUT2D eigenvalue weighted by atomic mass is 35.5. The van der Waals surface area contributed by atoms with Gasteiger partial charge in [0.25, 0.3) is 0 Å². The first kappa shape index (κ1) is 21.2. The van der Waals surface area contributed by atoms with E-state index >= 15 is 0 Å². The molecule has 0 bridgehead atoms. The number of hydrazone groups is 1. The molecule has 1 fully saturated rings. The number of ether oxygens (including phenoxy) is 1. The Bertz CT molecular complexity index is 1080. The van der Waals surface area contributed by atoms with E-state index in [4.69, 9.17) is 27.9 Å². The molecular weight excluding hydrogens is 444 g/mol. The van der Waals surface area contributed by atoms with E-state index in [2.05, 4.69) is 30.8 Å². The van der Waals surface area contributed by atoms with Gasteiger partial charge in [-0.2, -0.15) is 20.1 Å². The molecule has 11 heteroatoms. The molecule has 1 aliphatic heterocycles. The van der Waals surface area contributed by atoms with Gasteiger partial charge in [-0.05, 0) is 36.4 Å². The summed E-state index contributed by atoms with van der Waals surface area (Å²) in [6.07, 6.45) is 1.55. The van der Waals surface area contributed by atoms with Crippen LogP contribution in [0, 0.1) is 5.82 Å². The molecule has 0 saturated carbocycles. The molecule has 0 amide bonds. The highest BCUT2D eigenvalue weighted by Gasteiger charge is 2.16. The number of nitrogens with one attached hydrogen (secondary N) is 2. The lowest BCUT2D eigenvalue weighted by molar-refractivity contribution is 0.122. The van der Waals surface area contributed by atoms with Crippen molar-refractivity contribution in [3.63, 3.8) is 0 Å². The van der Waals surface area contributed by atoms with Gasteiger partial charge >= 0.3 is 0 Å². The van der Waals surface area contributed by atoms with Gasteiger partial charge in [-0.1, -0.05) is 29.3 Å². The van der Waals surface area contributed by atoms with Crippen LogP contribution in [0.15, 0.2) is 47.6 Å². The third-order valence-electron chi connectivity index (χ3n) is 4.35. The van der Waals surface area contributed by atoms with Crippen LogP contribution < -0.4 is 15.6 Å². The number of benzene rings is 2. The second-order valence-electron chi connectivity index (χ2n) is 6.55. The molecule has 0 aliphatic carbocycles. The van der Waals surface area contributed by atoms with E-state index in [0.29, 0.717) is 59.5 Å². The first-order valence-corrected chi connectivity index (χ1v) is 10.2. The van der Waals surface area contributed by atoms with Crippen molar-refractivity contribution in [3.05, 3.63) is 63.9 Å². The smallest absolute Gasteiger partial charge is 0.250 e. The first-order chi connectivity index (χ1) is 15.1. The van der Waals surface area contributed by atoms with Crippen molar-refractivity contribution < 1.29 is 9.13 Å². The summed E-state index contributed by atoms with van der Waals surface area (Å²) in [4.78, 5) is 15.3. The van der Waals surface area contributed by atoms with Gasteiger partial charge in [0.2, 0.25) is 17.8 Å². The summed E-state index contributed by atoms with van der Waals surface area (Å²) in [7, 11) is 0. The third kappa shape index (κ3) is 5.78. The number of rotatable bonds is 6. The fourth-order valence-corrected chi connectivity index (χ4v) is 3.26. The monoisotopic (exact) mass is 461 g/mol. The quantitative estimate of drug-likeness (QED) is 0.416. The van der Waals surface area contributed by atoms with Crippen LogP contribution >= 0.6 is 23.2 Å². The van der Waals surface area contributed by atoms with Crippen LogP contribution in [-0.2, 0) is 4.74 Å². The zero-order valence-electron chi connectivity index (χ0n) is 16.2. The van der Waals surface area contributed by atoms with Gasteiger partial charge in [-0.15, -0.1) is 0 Å². The SMILES string of the molecule is Fc1ccc(Nc2nc(N/N=C\c3ccc(Cl)cc3Cl)nc(N3CCOCC3)n2)cc1. The van der Waals surface area contributed by atoms with Crippen LogP contribution in [0.25, 0.3) is 0 Å². The number of morpholine rings is 1. The van der Waals surface area contributed by atoms with Gasteiger partial charge in [0.05, 0.1) is 24.5 Å². The molecule has 4 rings (SSSR count). The zero-order chi connectivity index (χ0) is 21.6. The molecule has 1 aliphatic rings. The topological polar surface area (TPSA) is 87.6 Å². The van der Waals surface area contributed by atoms with Crippen molar-refractivity contribution in [1.82, 2.24) is 15.0 Å². The Kier molecular flexibility index (Phi) is 6.76. The maximum atomic E-state index is 13.2. The summed E-state index contributed by atoms with van der Waals surface area (Å²) < 4.78 is 18.6. The Labute approximate surface area is 188 Å². The van der Waals surface area contributed by atoms with Crippen LogP contribution in [0.3, 0.4) is 0 Å². The predicted octanol–water partition coefficient (Wildman–Crippen LogP) is 4.34. The molecule has 2 N–H and O–H groups in total. The van der Waals surface area contributed by atoms with Crippen LogP contribution in [0.5, 0.6) is 0 Å². The fourth-order valence-electron chi connectivity index (χ4n) is 2.80. The van der Waals surface area contributed by atoms with E-state index in [-0.39, 0.29) is 11.8 Å². The average molecular weight is 462 g/mol. The maximum Gasteiger partial charge on any atom is 0.250 e. The number of hydrogen-bond donors (Lipinski definition) is 2. The molecule has 0 spiro atoms. The highest BCUT2D eigenvalue weighted by Crippen LogP contribution is 2.21. The van der Waals surface area contributed by atoms with Crippen LogP contribution in [-0.4, -0.2) is 47.5 Å². The second-order valence-corrected chi connectivity index (χ2v) is 7.39. The predicted molar refractivity (Wildman–Crippen MR) is 120 cm³/mol. The Balaban J connectivity index is 1.57. The minimum Gasteiger partial charge on any atom is -0.378 e. The molecule has 1 saturated heterocycles. The Morgan fingerprint density at radius 2 is 1.74 bits per heavy atom. The Hall–Kier alpha value is -3.01. The lowest BCUT2D eigenvalue weighted by atomic mass is 10.2. The summed E-state index contributed by atoms with van der Waals surface area (Å²) in [5, 5.41) is 8.25. The number of hydrogen-bond acceptors (Lipinski definition) is 8. The molecule has 31 heavy (non-hydrogen) atoms. The summed E-state index contributed by atoms with van der Waals surface area (Å²) in [5.41, 5.74) is 4.13. The largest absolute Gasteiger partial charge is 0.378 e. The lowest BCUT2D eigenvalue weighted by Gasteiger charge is -2.27. The summed E-state index contributed by atoms with van der Waals surface area (Å²) >= 11 is 12.1. The molecule has 2 heterocycles. The van der Waals surface area contributed by atoms with Crippen molar-refractivity contribution in [2.24, 2.45) is 5.10 Å². The highest BCUT2D eigenvalue weighted by molar-refractivity contribution is 6.36. The zero-order valence-corrected chi connectivity index (χ0v) is 17.7. The Morgan fingerprint density at radius 1 is 1.00 bits per heavy atom. The molecule has 8 nitrogen and oxygen atoms in total. The fraction of sp³-hybridized carbons (Fsp3) is 0.200. The second kappa shape index (κ2) is 9.86. The minimum absolute atomic E-state index is 0.238. The van der Waals surface area contributed by atoms with Gasteiger partial charge in [0, 0.05) is 29.4 Å². The number of halogens is 3. The van der Waals surface area contributed by atoms with Crippen molar-refractivity contribution in [2.45, 2.75) is 0 Å². The van der Waals surface area contributed by atoms with E-state index in [1.54, 1.807) is 36.5 Å². The van der Waals surface area contributed by atoms with Gasteiger partial charge in [0.1, 0.15) is 5.82 Å². The number of aromatic nitrogens is 3. The van der Waals surface area contributed by atoms with E-state index in [0.717, 1.165) is 0 Å². The molecule has 160 valence electrons. The summed E-state index contributed by atoms with van der Waals surface area (Å²) in [6, 6.07) is 11.0. The van der Waals surface area contributed by atoms with Crippen LogP contribution in [0.4, 0.5) is 27.9 Å². The normalized spacial score (nSPS) is 14.1. The molecule has 1 aromatic heterocycles. The Morgan fingerprint density at radius 3 is 2.48 bits per heavy atom. The molecular formula is C20H18Cl2FN7O. The van der Waals surface area contributed by atoms with E-state index < -0.39 is 0 Å². The maximum absolute atomic E-state index is 13.2. The van der Waals surface area contributed by atoms with Crippen molar-refractivity contribution in [3.8, 4) is 0 Å². The molecule has 2 aromatic carbocycles. The first-order valence-electron chi connectivity index (χ1n) is 9.42. The van der Waals surface area contributed by atoms with Crippen LogP contribution in [0.1, 0.15) is 5.56 Å². The van der Waals surface area contributed by atoms with Gasteiger partial charge < -0.3 is 15.0 Å². The lowest BCUT2D eigenvalue weighted by Crippen LogP contribution is -2.37. The van der Waals surface area contributed by atoms with Crippen molar-refractivity contribution in [1.29, 1.82) is 0 Å². The molecule has 0 radical (unpaired) electrons. The average Bonchev–Trinajstić information content (AvgIpc) is 2.77. The van der Waals surface area contributed by atoms with E-state index in [1.165, 1.54) is 12.1 Å². The third-order valence-corrected chi connectivity index (χ3v) is 4.91. The standard InChI is InChI=1S/C20H18Cl2FN7O/c21-14-2-1-13(17(22)11-14)12-24-29-19-26-18(25-16-5-3-15(23)4-6-16)27-20(28-19)30-7-9-31-10-8-30/h1-6,11-12H,7-10H2,(H2,25,26,27,28,29)/b24-12-. The van der Waals surface area contributed by atoms with Gasteiger partial charge in [0.15, 0.2) is 0 Å².